The quantitative estimate of drug-likeness (QED) is 0.862. The molecule has 1 N–H and O–H groups in total. The van der Waals surface area contributed by atoms with Crippen LogP contribution in [-0.2, 0) is 4.79 Å². The van der Waals surface area contributed by atoms with Gasteiger partial charge in [0, 0.05) is 0 Å². The van der Waals surface area contributed by atoms with E-state index in [9.17, 15) is 4.79 Å². The summed E-state index contributed by atoms with van der Waals surface area (Å²) in [6.45, 7) is 7.99. The molecular weight excluding hydrogens is 286 g/mol. The molecule has 122 valence electrons. The maximum atomic E-state index is 12.5. The van der Waals surface area contributed by atoms with Crippen LogP contribution in [0.25, 0.3) is 0 Å². The molecule has 1 amide bonds. The van der Waals surface area contributed by atoms with Crippen LogP contribution in [-0.4, -0.2) is 12.0 Å². The van der Waals surface area contributed by atoms with Gasteiger partial charge in [0.2, 0.25) is 0 Å². The van der Waals surface area contributed by atoms with Gasteiger partial charge >= 0.3 is 0 Å². The van der Waals surface area contributed by atoms with Crippen LogP contribution >= 0.6 is 0 Å². The smallest absolute Gasteiger partial charge is 0.261 e. The van der Waals surface area contributed by atoms with Crippen molar-refractivity contribution in [3.63, 3.8) is 0 Å². The van der Waals surface area contributed by atoms with E-state index in [-0.39, 0.29) is 11.9 Å². The van der Waals surface area contributed by atoms with Crippen molar-refractivity contribution in [1.29, 1.82) is 0 Å². The molecule has 23 heavy (non-hydrogen) atoms. The predicted molar refractivity (Wildman–Crippen MR) is 93.6 cm³/mol. The minimum absolute atomic E-state index is 0.0411. The monoisotopic (exact) mass is 311 g/mol. The van der Waals surface area contributed by atoms with Crippen LogP contribution in [0.4, 0.5) is 0 Å². The SMILES string of the molecule is CC[C@@H](Oc1cc(C)cc(C)c1)C(=O)N[C@H](C)c1ccccc1. The third-order valence-electron chi connectivity index (χ3n) is 3.80. The summed E-state index contributed by atoms with van der Waals surface area (Å²) >= 11 is 0. The first-order valence-corrected chi connectivity index (χ1v) is 8.10. The van der Waals surface area contributed by atoms with Crippen molar-refractivity contribution < 1.29 is 9.53 Å². The molecule has 3 heteroatoms. The van der Waals surface area contributed by atoms with Gasteiger partial charge in [-0.3, -0.25) is 4.79 Å². The Morgan fingerprint density at radius 1 is 1.09 bits per heavy atom. The summed E-state index contributed by atoms with van der Waals surface area (Å²) in [4.78, 5) is 12.5. The maximum Gasteiger partial charge on any atom is 0.261 e. The van der Waals surface area contributed by atoms with E-state index in [1.807, 2.05) is 70.2 Å². The maximum absolute atomic E-state index is 12.5. The molecule has 2 aromatic rings. The summed E-state index contributed by atoms with van der Waals surface area (Å²) in [5.74, 6) is 0.667. The average Bonchev–Trinajstić information content (AvgIpc) is 2.52. The van der Waals surface area contributed by atoms with Crippen molar-refractivity contribution in [3.05, 3.63) is 65.2 Å². The van der Waals surface area contributed by atoms with E-state index in [0.29, 0.717) is 6.42 Å². The molecule has 0 aliphatic rings. The highest BCUT2D eigenvalue weighted by Crippen LogP contribution is 2.19. The number of aryl methyl sites for hydroxylation is 2. The molecule has 2 aromatic carbocycles. The summed E-state index contributed by atoms with van der Waals surface area (Å²) in [7, 11) is 0. The largest absolute Gasteiger partial charge is 0.481 e. The normalized spacial score (nSPS) is 13.2. The number of hydrogen-bond acceptors (Lipinski definition) is 2. The Morgan fingerprint density at radius 2 is 1.70 bits per heavy atom. The summed E-state index contributed by atoms with van der Waals surface area (Å²) in [6, 6.07) is 15.9. The Bertz CT molecular complexity index is 632. The van der Waals surface area contributed by atoms with E-state index in [4.69, 9.17) is 4.74 Å². The van der Waals surface area contributed by atoms with Gasteiger partial charge in [-0.25, -0.2) is 0 Å². The molecule has 0 radical (unpaired) electrons. The van der Waals surface area contributed by atoms with Gasteiger partial charge in [0.15, 0.2) is 6.10 Å². The van der Waals surface area contributed by atoms with Crippen molar-refractivity contribution in [1.82, 2.24) is 5.32 Å². The lowest BCUT2D eigenvalue weighted by Gasteiger charge is -2.21. The van der Waals surface area contributed by atoms with E-state index in [0.717, 1.165) is 22.4 Å². The van der Waals surface area contributed by atoms with Crippen molar-refractivity contribution in [2.45, 2.75) is 46.3 Å². The van der Waals surface area contributed by atoms with Crippen LogP contribution < -0.4 is 10.1 Å². The molecule has 0 aliphatic carbocycles. The second-order valence-electron chi connectivity index (χ2n) is 5.98. The zero-order chi connectivity index (χ0) is 16.8. The number of carbonyl (C=O) groups excluding carboxylic acids is 1. The molecule has 0 aromatic heterocycles. The van der Waals surface area contributed by atoms with Crippen molar-refractivity contribution in [2.75, 3.05) is 0 Å². The number of nitrogens with one attached hydrogen (secondary N) is 1. The summed E-state index contributed by atoms with van der Waals surface area (Å²) in [5, 5.41) is 3.03. The van der Waals surface area contributed by atoms with Crippen molar-refractivity contribution in [3.8, 4) is 5.75 Å². The highest BCUT2D eigenvalue weighted by molar-refractivity contribution is 5.81. The van der Waals surface area contributed by atoms with Crippen LogP contribution in [0.1, 0.15) is 43.0 Å². The van der Waals surface area contributed by atoms with E-state index in [2.05, 4.69) is 11.4 Å². The molecule has 2 atom stereocenters. The molecule has 0 aliphatic heterocycles. The molecule has 2 rings (SSSR count). The first kappa shape index (κ1) is 17.1. The number of amides is 1. The second-order valence-corrected chi connectivity index (χ2v) is 5.98. The Labute approximate surface area is 138 Å². The van der Waals surface area contributed by atoms with Gasteiger partial charge in [0.25, 0.3) is 5.91 Å². The van der Waals surface area contributed by atoms with Crippen molar-refractivity contribution >= 4 is 5.91 Å². The van der Waals surface area contributed by atoms with Crippen LogP contribution in [0.3, 0.4) is 0 Å². The van der Waals surface area contributed by atoms with Crippen molar-refractivity contribution in [2.24, 2.45) is 0 Å². The standard InChI is InChI=1S/C20H25NO2/c1-5-19(23-18-12-14(2)11-15(3)13-18)20(22)21-16(4)17-9-7-6-8-10-17/h6-13,16,19H,5H2,1-4H3,(H,21,22)/t16-,19-/m1/s1. The number of ether oxygens (including phenoxy) is 1. The highest BCUT2D eigenvalue weighted by atomic mass is 16.5. The third kappa shape index (κ3) is 4.85. The van der Waals surface area contributed by atoms with E-state index < -0.39 is 6.10 Å². The Morgan fingerprint density at radius 3 is 2.26 bits per heavy atom. The minimum Gasteiger partial charge on any atom is -0.481 e. The molecular formula is C20H25NO2. The molecule has 3 nitrogen and oxygen atoms in total. The fourth-order valence-corrected chi connectivity index (χ4v) is 2.62. The van der Waals surface area contributed by atoms with Gasteiger partial charge < -0.3 is 10.1 Å². The van der Waals surface area contributed by atoms with Gasteiger partial charge in [-0.05, 0) is 56.0 Å². The molecule has 0 fully saturated rings. The molecule has 0 saturated carbocycles. The lowest BCUT2D eigenvalue weighted by Crippen LogP contribution is -2.39. The Hall–Kier alpha value is -2.29. The average molecular weight is 311 g/mol. The molecule has 0 spiro atoms. The van der Waals surface area contributed by atoms with E-state index in [1.165, 1.54) is 0 Å². The van der Waals surface area contributed by atoms with E-state index in [1.54, 1.807) is 0 Å². The highest BCUT2D eigenvalue weighted by Gasteiger charge is 2.20. The lowest BCUT2D eigenvalue weighted by atomic mass is 10.1. The number of hydrogen-bond donors (Lipinski definition) is 1. The first-order chi connectivity index (χ1) is 11.0. The fourth-order valence-electron chi connectivity index (χ4n) is 2.62. The summed E-state index contributed by atoms with van der Waals surface area (Å²) < 4.78 is 5.91. The minimum atomic E-state index is -0.484. The topological polar surface area (TPSA) is 38.3 Å². The van der Waals surface area contributed by atoms with Crippen LogP contribution in [0.15, 0.2) is 48.5 Å². The number of carbonyl (C=O) groups is 1. The van der Waals surface area contributed by atoms with Gasteiger partial charge in [-0.2, -0.15) is 0 Å². The Kier molecular flexibility index (Phi) is 5.80. The van der Waals surface area contributed by atoms with Gasteiger partial charge in [0.1, 0.15) is 5.75 Å². The van der Waals surface area contributed by atoms with E-state index >= 15 is 0 Å². The number of rotatable bonds is 6. The van der Waals surface area contributed by atoms with Crippen LogP contribution in [0.2, 0.25) is 0 Å². The zero-order valence-corrected chi connectivity index (χ0v) is 14.3. The molecule has 0 heterocycles. The first-order valence-electron chi connectivity index (χ1n) is 8.10. The third-order valence-corrected chi connectivity index (χ3v) is 3.80. The molecule has 0 bridgehead atoms. The molecule has 0 saturated heterocycles. The summed E-state index contributed by atoms with van der Waals surface area (Å²) in [5.41, 5.74) is 3.35. The lowest BCUT2D eigenvalue weighted by molar-refractivity contribution is -0.128. The second kappa shape index (κ2) is 7.82. The predicted octanol–water partition coefficient (Wildman–Crippen LogP) is 4.34. The zero-order valence-electron chi connectivity index (χ0n) is 14.3. The van der Waals surface area contributed by atoms with Crippen LogP contribution in [0, 0.1) is 13.8 Å². The van der Waals surface area contributed by atoms with Gasteiger partial charge in [-0.1, -0.05) is 43.3 Å². The molecule has 0 unspecified atom stereocenters. The fraction of sp³-hybridized carbons (Fsp3) is 0.350. The van der Waals surface area contributed by atoms with Gasteiger partial charge in [0.05, 0.1) is 6.04 Å². The number of benzene rings is 2. The van der Waals surface area contributed by atoms with Crippen LogP contribution in [0.5, 0.6) is 5.75 Å². The summed E-state index contributed by atoms with van der Waals surface area (Å²) in [6.07, 6.45) is 0.141. The Balaban J connectivity index is 2.03. The van der Waals surface area contributed by atoms with Gasteiger partial charge in [-0.15, -0.1) is 0 Å².